The lowest BCUT2D eigenvalue weighted by Crippen LogP contribution is -2.35. The van der Waals surface area contributed by atoms with Crippen LogP contribution in [0.5, 0.6) is 0 Å². The Balaban J connectivity index is 3.54. The fourth-order valence-electron chi connectivity index (χ4n) is 1.33. The van der Waals surface area contributed by atoms with E-state index in [4.69, 9.17) is 4.74 Å². The second kappa shape index (κ2) is 10.9. The van der Waals surface area contributed by atoms with E-state index >= 15 is 0 Å². The summed E-state index contributed by atoms with van der Waals surface area (Å²) in [6.07, 6.45) is 0.484. The Hall–Kier alpha value is -0.260. The highest BCUT2D eigenvalue weighted by Crippen LogP contribution is 2.04. The molecule has 0 saturated carbocycles. The quantitative estimate of drug-likeness (QED) is 0.461. The number of thioether (sulfide) groups is 1. The van der Waals surface area contributed by atoms with Gasteiger partial charge in [-0.1, -0.05) is 6.92 Å². The molecule has 0 fully saturated rings. The van der Waals surface area contributed by atoms with Gasteiger partial charge in [0.2, 0.25) is 0 Å². The highest BCUT2D eigenvalue weighted by atomic mass is 32.2. The fraction of sp³-hybridized carbons (Fsp3) is 0.917. The van der Waals surface area contributed by atoms with E-state index in [2.05, 4.69) is 19.2 Å². The minimum Gasteiger partial charge on any atom is -0.466 e. The summed E-state index contributed by atoms with van der Waals surface area (Å²) in [6.45, 7) is 6.80. The van der Waals surface area contributed by atoms with Crippen LogP contribution in [0.3, 0.4) is 0 Å². The minimum absolute atomic E-state index is 0.0667. The third kappa shape index (κ3) is 10.6. The first-order chi connectivity index (χ1) is 8.10. The van der Waals surface area contributed by atoms with Crippen molar-refractivity contribution in [3.8, 4) is 0 Å². The fourth-order valence-corrected chi connectivity index (χ4v) is 2.14. The van der Waals surface area contributed by atoms with E-state index in [1.54, 1.807) is 6.92 Å². The summed E-state index contributed by atoms with van der Waals surface area (Å²) in [5.74, 6) is 1.92. The molecule has 17 heavy (non-hydrogen) atoms. The van der Waals surface area contributed by atoms with Crippen molar-refractivity contribution in [2.75, 3.05) is 24.7 Å². The highest BCUT2D eigenvalue weighted by molar-refractivity contribution is 7.99. The first-order valence-corrected chi connectivity index (χ1v) is 7.40. The zero-order valence-electron chi connectivity index (χ0n) is 11.1. The van der Waals surface area contributed by atoms with E-state index in [1.165, 1.54) is 0 Å². The van der Waals surface area contributed by atoms with E-state index in [0.717, 1.165) is 17.9 Å². The van der Waals surface area contributed by atoms with Gasteiger partial charge in [0.25, 0.3) is 0 Å². The molecule has 0 rings (SSSR count). The molecule has 0 saturated heterocycles. The summed E-state index contributed by atoms with van der Waals surface area (Å²) < 4.78 is 4.77. The van der Waals surface area contributed by atoms with Crippen LogP contribution in [0.25, 0.3) is 0 Å². The molecule has 2 unspecified atom stereocenters. The maximum absolute atomic E-state index is 11.1. The molecule has 0 aliphatic rings. The lowest BCUT2D eigenvalue weighted by molar-refractivity contribution is -0.145. The molecule has 102 valence electrons. The van der Waals surface area contributed by atoms with E-state index < -0.39 is 6.10 Å². The number of aliphatic hydroxyl groups excluding tert-OH is 1. The van der Waals surface area contributed by atoms with E-state index in [9.17, 15) is 9.90 Å². The Morgan fingerprint density at radius 1 is 1.47 bits per heavy atom. The Bertz CT molecular complexity index is 202. The Labute approximate surface area is 108 Å². The number of carbonyl (C=O) groups excluding carboxylic acids is 1. The van der Waals surface area contributed by atoms with Crippen LogP contribution >= 0.6 is 11.8 Å². The molecule has 5 heteroatoms. The Kier molecular flexibility index (Phi) is 10.7. The average molecular weight is 263 g/mol. The van der Waals surface area contributed by atoms with Crippen molar-refractivity contribution < 1.29 is 14.6 Å². The third-order valence-electron chi connectivity index (χ3n) is 2.31. The predicted octanol–water partition coefficient (Wildman–Crippen LogP) is 1.42. The molecule has 0 amide bonds. The second-order valence-corrected chi connectivity index (χ2v) is 5.35. The van der Waals surface area contributed by atoms with Crippen molar-refractivity contribution in [2.24, 2.45) is 0 Å². The van der Waals surface area contributed by atoms with Crippen LogP contribution in [-0.2, 0) is 9.53 Å². The Morgan fingerprint density at radius 2 is 2.18 bits per heavy atom. The average Bonchev–Trinajstić information content (AvgIpc) is 2.27. The topological polar surface area (TPSA) is 58.6 Å². The summed E-state index contributed by atoms with van der Waals surface area (Å²) in [6, 6.07) is 0.367. The first kappa shape index (κ1) is 16.7. The van der Waals surface area contributed by atoms with Crippen LogP contribution in [0, 0.1) is 0 Å². The number of rotatable bonds is 10. The number of carbonyl (C=O) groups is 1. The van der Waals surface area contributed by atoms with Crippen molar-refractivity contribution in [3.63, 3.8) is 0 Å². The van der Waals surface area contributed by atoms with Crippen molar-refractivity contribution in [3.05, 3.63) is 0 Å². The smallest absolute Gasteiger partial charge is 0.308 e. The molecular formula is C12H25NO3S. The van der Waals surface area contributed by atoms with Gasteiger partial charge >= 0.3 is 5.97 Å². The summed E-state index contributed by atoms with van der Waals surface area (Å²) in [5.41, 5.74) is 0. The van der Waals surface area contributed by atoms with Crippen LogP contribution in [0.15, 0.2) is 0 Å². The number of esters is 1. The molecule has 0 aromatic carbocycles. The number of aliphatic hydroxyl groups is 1. The number of hydrogen-bond acceptors (Lipinski definition) is 5. The van der Waals surface area contributed by atoms with Crippen molar-refractivity contribution in [1.82, 2.24) is 5.32 Å². The largest absolute Gasteiger partial charge is 0.466 e. The van der Waals surface area contributed by atoms with Gasteiger partial charge in [-0.15, -0.1) is 0 Å². The maximum Gasteiger partial charge on any atom is 0.308 e. The monoisotopic (exact) mass is 263 g/mol. The SMILES string of the molecule is CCOC(=O)CC(O)CNC(C)CCSCC. The standard InChI is InChI=1S/C12H25NO3S/c1-4-16-12(15)8-11(14)9-13-10(3)6-7-17-5-2/h10-11,13-14H,4-9H2,1-3H3. The molecule has 0 bridgehead atoms. The van der Waals surface area contributed by atoms with Crippen LogP contribution < -0.4 is 5.32 Å². The van der Waals surface area contributed by atoms with Crippen LogP contribution in [-0.4, -0.2) is 47.9 Å². The molecule has 0 aromatic rings. The van der Waals surface area contributed by atoms with Gasteiger partial charge in [-0.2, -0.15) is 11.8 Å². The first-order valence-electron chi connectivity index (χ1n) is 6.24. The van der Waals surface area contributed by atoms with Crippen molar-refractivity contribution >= 4 is 17.7 Å². The molecule has 0 spiro atoms. The van der Waals surface area contributed by atoms with Gasteiger partial charge in [0.15, 0.2) is 0 Å². The van der Waals surface area contributed by atoms with Gasteiger partial charge in [0.05, 0.1) is 19.1 Å². The summed E-state index contributed by atoms with van der Waals surface area (Å²) in [4.78, 5) is 11.1. The van der Waals surface area contributed by atoms with Gasteiger partial charge in [-0.05, 0) is 31.8 Å². The molecule has 0 aliphatic heterocycles. The zero-order chi connectivity index (χ0) is 13.1. The molecule has 0 aliphatic carbocycles. The Morgan fingerprint density at radius 3 is 2.76 bits per heavy atom. The van der Waals surface area contributed by atoms with Gasteiger partial charge in [-0.25, -0.2) is 0 Å². The highest BCUT2D eigenvalue weighted by Gasteiger charge is 2.12. The zero-order valence-corrected chi connectivity index (χ0v) is 11.9. The maximum atomic E-state index is 11.1. The van der Waals surface area contributed by atoms with Gasteiger partial charge in [0.1, 0.15) is 0 Å². The lowest BCUT2D eigenvalue weighted by atomic mass is 10.2. The summed E-state index contributed by atoms with van der Waals surface area (Å²) >= 11 is 1.91. The summed E-state index contributed by atoms with van der Waals surface area (Å²) in [7, 11) is 0. The molecular weight excluding hydrogens is 238 g/mol. The molecule has 4 nitrogen and oxygen atoms in total. The van der Waals surface area contributed by atoms with Gasteiger partial charge in [-0.3, -0.25) is 4.79 Å². The van der Waals surface area contributed by atoms with E-state index in [0.29, 0.717) is 19.2 Å². The second-order valence-electron chi connectivity index (χ2n) is 3.96. The van der Waals surface area contributed by atoms with Gasteiger partial charge in [0, 0.05) is 12.6 Å². The molecule has 0 heterocycles. The van der Waals surface area contributed by atoms with Crippen molar-refractivity contribution in [1.29, 1.82) is 0 Å². The minimum atomic E-state index is -0.657. The predicted molar refractivity (Wildman–Crippen MR) is 72.3 cm³/mol. The van der Waals surface area contributed by atoms with Gasteiger partial charge < -0.3 is 15.2 Å². The van der Waals surface area contributed by atoms with Crippen molar-refractivity contribution in [2.45, 2.75) is 45.8 Å². The summed E-state index contributed by atoms with van der Waals surface area (Å²) in [5, 5.41) is 12.8. The lowest BCUT2D eigenvalue weighted by Gasteiger charge is -2.16. The number of ether oxygens (including phenoxy) is 1. The molecule has 2 atom stereocenters. The number of hydrogen-bond donors (Lipinski definition) is 2. The number of nitrogens with one attached hydrogen (secondary N) is 1. The van der Waals surface area contributed by atoms with Crippen LogP contribution in [0.1, 0.15) is 33.6 Å². The molecule has 0 aromatic heterocycles. The van der Waals surface area contributed by atoms with E-state index in [1.807, 2.05) is 11.8 Å². The van der Waals surface area contributed by atoms with E-state index in [-0.39, 0.29) is 12.4 Å². The molecule has 2 N–H and O–H groups in total. The third-order valence-corrected chi connectivity index (χ3v) is 3.24. The normalized spacial score (nSPS) is 14.4. The van der Waals surface area contributed by atoms with Crippen LogP contribution in [0.2, 0.25) is 0 Å². The molecule has 0 radical (unpaired) electrons. The van der Waals surface area contributed by atoms with Crippen LogP contribution in [0.4, 0.5) is 0 Å².